The molecule has 0 aromatic heterocycles. The van der Waals surface area contributed by atoms with Gasteiger partial charge in [0.1, 0.15) is 0 Å². The van der Waals surface area contributed by atoms with E-state index in [2.05, 4.69) is 0 Å². The first-order valence-corrected chi connectivity index (χ1v) is 6.51. The van der Waals surface area contributed by atoms with E-state index in [1.807, 2.05) is 10.6 Å². The first kappa shape index (κ1) is 14.4. The molecule has 8 heteroatoms. The maximum absolute atomic E-state index is 11.9. The Balaban J connectivity index is 2.16. The van der Waals surface area contributed by atoms with Crippen molar-refractivity contribution in [2.75, 3.05) is 0 Å². The number of hydrogen-bond acceptors (Lipinski definition) is 6. The zero-order valence-electron chi connectivity index (χ0n) is 11.3. The molecule has 4 N–H and O–H groups in total. The fourth-order valence-electron chi connectivity index (χ4n) is 2.81. The third kappa shape index (κ3) is 1.85. The second-order valence-corrected chi connectivity index (χ2v) is 5.37. The SMILES string of the molecule is O=C1CC(O)(c2ccccc2C2(O)CC(=O)NC2=O)C(=O)N1. The summed E-state index contributed by atoms with van der Waals surface area (Å²) in [5.74, 6) is -3.20. The van der Waals surface area contributed by atoms with Crippen molar-refractivity contribution in [3.05, 3.63) is 35.4 Å². The minimum Gasteiger partial charge on any atom is -0.375 e. The minimum atomic E-state index is -2.19. The largest absolute Gasteiger partial charge is 0.375 e. The number of carbonyl (C=O) groups is 4. The quantitative estimate of drug-likeness (QED) is 0.474. The van der Waals surface area contributed by atoms with Gasteiger partial charge in [-0.15, -0.1) is 0 Å². The molecule has 1 aromatic carbocycles. The van der Waals surface area contributed by atoms with Crippen LogP contribution in [0.25, 0.3) is 0 Å². The van der Waals surface area contributed by atoms with Crippen molar-refractivity contribution in [2.45, 2.75) is 24.0 Å². The highest BCUT2D eigenvalue weighted by Crippen LogP contribution is 2.39. The van der Waals surface area contributed by atoms with E-state index in [1.165, 1.54) is 24.3 Å². The molecule has 0 bridgehead atoms. The van der Waals surface area contributed by atoms with Crippen molar-refractivity contribution in [3.63, 3.8) is 0 Å². The number of carbonyl (C=O) groups excluding carboxylic acids is 4. The Morgan fingerprint density at radius 1 is 0.773 bits per heavy atom. The summed E-state index contributed by atoms with van der Waals surface area (Å²) in [6, 6.07) is 5.65. The van der Waals surface area contributed by atoms with Gasteiger partial charge in [0, 0.05) is 11.1 Å². The van der Waals surface area contributed by atoms with Crippen LogP contribution in [0.5, 0.6) is 0 Å². The van der Waals surface area contributed by atoms with Gasteiger partial charge in [-0.05, 0) is 0 Å². The predicted octanol–water partition coefficient (Wildman–Crippen LogP) is -1.85. The smallest absolute Gasteiger partial charge is 0.263 e. The molecule has 0 spiro atoms. The molecule has 0 radical (unpaired) electrons. The van der Waals surface area contributed by atoms with Crippen LogP contribution in [0, 0.1) is 0 Å². The molecule has 2 aliphatic heterocycles. The molecule has 2 aliphatic rings. The molecule has 3 rings (SSSR count). The molecule has 22 heavy (non-hydrogen) atoms. The summed E-state index contributed by atoms with van der Waals surface area (Å²) in [6.07, 6.45) is -1.04. The fourth-order valence-corrected chi connectivity index (χ4v) is 2.81. The van der Waals surface area contributed by atoms with Gasteiger partial charge in [-0.1, -0.05) is 24.3 Å². The number of benzene rings is 1. The second-order valence-electron chi connectivity index (χ2n) is 5.37. The van der Waals surface area contributed by atoms with Gasteiger partial charge in [-0.2, -0.15) is 0 Å². The fraction of sp³-hybridized carbons (Fsp3) is 0.286. The van der Waals surface area contributed by atoms with Crippen molar-refractivity contribution < 1.29 is 29.4 Å². The average molecular weight is 304 g/mol. The van der Waals surface area contributed by atoms with E-state index in [-0.39, 0.29) is 11.1 Å². The van der Waals surface area contributed by atoms with E-state index in [0.717, 1.165) is 0 Å². The monoisotopic (exact) mass is 304 g/mol. The molecular weight excluding hydrogens is 292 g/mol. The first-order valence-electron chi connectivity index (χ1n) is 6.51. The van der Waals surface area contributed by atoms with Crippen molar-refractivity contribution >= 4 is 23.6 Å². The third-order valence-corrected chi connectivity index (χ3v) is 3.91. The summed E-state index contributed by atoms with van der Waals surface area (Å²) in [4.78, 5) is 46.6. The van der Waals surface area contributed by atoms with E-state index >= 15 is 0 Å². The number of rotatable bonds is 2. The van der Waals surface area contributed by atoms with E-state index in [1.54, 1.807) is 0 Å². The highest BCUT2D eigenvalue weighted by atomic mass is 16.3. The molecule has 0 saturated carbocycles. The van der Waals surface area contributed by atoms with Crippen LogP contribution in [0.15, 0.2) is 24.3 Å². The second kappa shape index (κ2) is 4.46. The lowest BCUT2D eigenvalue weighted by Crippen LogP contribution is -2.41. The summed E-state index contributed by atoms with van der Waals surface area (Å²) in [6.45, 7) is 0. The Hall–Kier alpha value is -2.58. The van der Waals surface area contributed by atoms with Crippen LogP contribution in [0.4, 0.5) is 0 Å². The lowest BCUT2D eigenvalue weighted by atomic mass is 9.80. The van der Waals surface area contributed by atoms with Gasteiger partial charge in [0.25, 0.3) is 11.8 Å². The summed E-state index contributed by atoms with van der Waals surface area (Å²) in [5.41, 5.74) is -4.53. The molecule has 2 atom stereocenters. The topological polar surface area (TPSA) is 133 Å². The van der Waals surface area contributed by atoms with E-state index < -0.39 is 47.7 Å². The van der Waals surface area contributed by atoms with Crippen LogP contribution in [0.2, 0.25) is 0 Å². The van der Waals surface area contributed by atoms with Gasteiger partial charge < -0.3 is 10.2 Å². The van der Waals surface area contributed by atoms with Crippen LogP contribution >= 0.6 is 0 Å². The minimum absolute atomic E-state index is 0.0781. The first-order chi connectivity index (χ1) is 10.3. The number of nitrogens with one attached hydrogen (secondary N) is 2. The molecule has 0 aliphatic carbocycles. The van der Waals surface area contributed by atoms with Gasteiger partial charge in [-0.25, -0.2) is 0 Å². The van der Waals surface area contributed by atoms with E-state index in [4.69, 9.17) is 0 Å². The zero-order chi connectivity index (χ0) is 16.1. The van der Waals surface area contributed by atoms with Crippen LogP contribution < -0.4 is 10.6 Å². The molecule has 114 valence electrons. The Morgan fingerprint density at radius 3 is 1.41 bits per heavy atom. The highest BCUT2D eigenvalue weighted by molar-refractivity contribution is 6.10. The molecule has 2 unspecified atom stereocenters. The maximum Gasteiger partial charge on any atom is 0.263 e. The van der Waals surface area contributed by atoms with Crippen molar-refractivity contribution in [2.24, 2.45) is 0 Å². The van der Waals surface area contributed by atoms with Crippen LogP contribution in [0.3, 0.4) is 0 Å². The summed E-state index contributed by atoms with van der Waals surface area (Å²) in [5, 5.41) is 25.1. The molecule has 1 aromatic rings. The summed E-state index contributed by atoms with van der Waals surface area (Å²) < 4.78 is 0. The normalized spacial score (nSPS) is 31.4. The Kier molecular flexibility index (Phi) is 2.91. The molecule has 2 saturated heterocycles. The van der Waals surface area contributed by atoms with Crippen LogP contribution in [-0.2, 0) is 30.4 Å². The van der Waals surface area contributed by atoms with Crippen molar-refractivity contribution in [3.8, 4) is 0 Å². The van der Waals surface area contributed by atoms with Gasteiger partial charge >= 0.3 is 0 Å². The number of hydrogen-bond donors (Lipinski definition) is 4. The molecule has 2 fully saturated rings. The van der Waals surface area contributed by atoms with Crippen LogP contribution in [-0.4, -0.2) is 33.8 Å². The standard InChI is InChI=1S/C14H12N2O6/c17-9-5-13(21,11(19)15-9)7-3-1-2-4-8(7)14(22)6-10(18)16-12(14)20/h1-4,21-22H,5-6H2,(H,15,17,19)(H,16,18,20). The molecule has 4 amide bonds. The molecular formula is C14H12N2O6. The Morgan fingerprint density at radius 2 is 1.14 bits per heavy atom. The van der Waals surface area contributed by atoms with Crippen LogP contribution in [0.1, 0.15) is 24.0 Å². The molecule has 8 nitrogen and oxygen atoms in total. The summed E-state index contributed by atoms with van der Waals surface area (Å²) >= 11 is 0. The van der Waals surface area contributed by atoms with Gasteiger partial charge in [0.05, 0.1) is 12.8 Å². The van der Waals surface area contributed by atoms with E-state index in [0.29, 0.717) is 0 Å². The lowest BCUT2D eigenvalue weighted by Gasteiger charge is -2.28. The average Bonchev–Trinajstić information content (AvgIpc) is 2.87. The molecule has 2 heterocycles. The maximum atomic E-state index is 11.9. The predicted molar refractivity (Wildman–Crippen MR) is 69.8 cm³/mol. The zero-order valence-corrected chi connectivity index (χ0v) is 11.3. The van der Waals surface area contributed by atoms with Gasteiger partial charge in [0.15, 0.2) is 11.2 Å². The third-order valence-electron chi connectivity index (χ3n) is 3.91. The number of imide groups is 2. The van der Waals surface area contributed by atoms with Gasteiger partial charge in [0.2, 0.25) is 11.8 Å². The van der Waals surface area contributed by atoms with Gasteiger partial charge in [-0.3, -0.25) is 29.8 Å². The highest BCUT2D eigenvalue weighted by Gasteiger charge is 2.53. The number of amides is 4. The van der Waals surface area contributed by atoms with Crippen molar-refractivity contribution in [1.29, 1.82) is 0 Å². The summed E-state index contributed by atoms with van der Waals surface area (Å²) in [7, 11) is 0. The van der Waals surface area contributed by atoms with Crippen molar-refractivity contribution in [1.82, 2.24) is 10.6 Å². The number of aliphatic hydroxyl groups is 2. The Labute approximate surface area is 124 Å². The van der Waals surface area contributed by atoms with E-state index in [9.17, 15) is 29.4 Å². The lowest BCUT2D eigenvalue weighted by molar-refractivity contribution is -0.139. The Bertz CT molecular complexity index is 669.